The van der Waals surface area contributed by atoms with Gasteiger partial charge in [-0.15, -0.1) is 0 Å². The van der Waals surface area contributed by atoms with Gasteiger partial charge in [0.15, 0.2) is 0 Å². The number of likely N-dealkylation sites (N-methyl/N-ethyl adjacent to an activating group) is 1. The smallest absolute Gasteiger partial charge is 0.241 e. The van der Waals surface area contributed by atoms with Crippen molar-refractivity contribution < 1.29 is 4.79 Å². The average molecular weight is 278 g/mol. The van der Waals surface area contributed by atoms with Gasteiger partial charge in [0.1, 0.15) is 6.54 Å². The highest BCUT2D eigenvalue weighted by Crippen LogP contribution is 2.32. The third-order valence-electron chi connectivity index (χ3n) is 4.25. The van der Waals surface area contributed by atoms with Crippen LogP contribution >= 0.6 is 0 Å². The molecule has 5 heteroatoms. The van der Waals surface area contributed by atoms with Gasteiger partial charge in [0.2, 0.25) is 5.91 Å². The highest BCUT2D eigenvalue weighted by atomic mass is 16.1. The van der Waals surface area contributed by atoms with Crippen molar-refractivity contribution in [2.45, 2.75) is 52.1 Å². The summed E-state index contributed by atoms with van der Waals surface area (Å²) in [7, 11) is 1.64. The Labute approximate surface area is 121 Å². The van der Waals surface area contributed by atoms with Gasteiger partial charge in [-0.25, -0.2) is 0 Å². The van der Waals surface area contributed by atoms with Crippen LogP contribution in [-0.2, 0) is 11.3 Å². The molecular weight excluding hydrogens is 252 g/mol. The molecule has 0 radical (unpaired) electrons. The molecule has 1 aromatic heterocycles. The van der Waals surface area contributed by atoms with Crippen LogP contribution in [0.1, 0.15) is 39.5 Å². The van der Waals surface area contributed by atoms with Gasteiger partial charge < -0.3 is 10.6 Å². The van der Waals surface area contributed by atoms with E-state index in [4.69, 9.17) is 0 Å². The SMILES string of the molecule is CNC(=O)Cn1cc(NC2CCCCC2C(C)C)cn1. The molecule has 1 heterocycles. The number of rotatable bonds is 5. The van der Waals surface area contributed by atoms with Gasteiger partial charge >= 0.3 is 0 Å². The molecule has 2 unspecified atom stereocenters. The summed E-state index contributed by atoms with van der Waals surface area (Å²) in [6.07, 6.45) is 8.91. The Morgan fingerprint density at radius 3 is 2.90 bits per heavy atom. The number of amides is 1. The summed E-state index contributed by atoms with van der Waals surface area (Å²) in [5.74, 6) is 1.40. The van der Waals surface area contributed by atoms with E-state index in [1.165, 1.54) is 25.7 Å². The summed E-state index contributed by atoms with van der Waals surface area (Å²) in [6.45, 7) is 4.88. The van der Waals surface area contributed by atoms with Gasteiger partial charge in [0.25, 0.3) is 0 Å². The number of aromatic nitrogens is 2. The second-order valence-corrected chi connectivity index (χ2v) is 6.04. The third kappa shape index (κ3) is 3.74. The van der Waals surface area contributed by atoms with Crippen LogP contribution in [0.15, 0.2) is 12.4 Å². The Morgan fingerprint density at radius 2 is 2.20 bits per heavy atom. The summed E-state index contributed by atoms with van der Waals surface area (Å²) in [6, 6.07) is 0.529. The van der Waals surface area contributed by atoms with Gasteiger partial charge in [0, 0.05) is 19.3 Å². The average Bonchev–Trinajstić information content (AvgIpc) is 2.86. The molecule has 0 saturated heterocycles. The molecule has 2 rings (SSSR count). The Kier molecular flexibility index (Phi) is 5.04. The van der Waals surface area contributed by atoms with Crippen LogP contribution in [0.2, 0.25) is 0 Å². The summed E-state index contributed by atoms with van der Waals surface area (Å²) in [5, 5.41) is 10.4. The van der Waals surface area contributed by atoms with Crippen LogP contribution in [0.4, 0.5) is 5.69 Å². The second-order valence-electron chi connectivity index (χ2n) is 6.04. The van der Waals surface area contributed by atoms with E-state index in [0.717, 1.165) is 11.6 Å². The van der Waals surface area contributed by atoms with Crippen LogP contribution < -0.4 is 10.6 Å². The maximum absolute atomic E-state index is 11.3. The number of anilines is 1. The van der Waals surface area contributed by atoms with Gasteiger partial charge in [-0.3, -0.25) is 9.48 Å². The predicted molar refractivity (Wildman–Crippen MR) is 80.5 cm³/mol. The maximum Gasteiger partial charge on any atom is 0.241 e. The Hall–Kier alpha value is -1.52. The van der Waals surface area contributed by atoms with E-state index in [0.29, 0.717) is 12.0 Å². The van der Waals surface area contributed by atoms with Crippen molar-refractivity contribution in [3.63, 3.8) is 0 Å². The van der Waals surface area contributed by atoms with Crippen LogP contribution in [0.5, 0.6) is 0 Å². The van der Waals surface area contributed by atoms with E-state index in [9.17, 15) is 4.79 Å². The maximum atomic E-state index is 11.3. The Morgan fingerprint density at radius 1 is 1.45 bits per heavy atom. The normalized spacial score (nSPS) is 22.8. The number of carbonyl (C=O) groups is 1. The molecule has 1 fully saturated rings. The molecule has 1 aliphatic rings. The zero-order valence-electron chi connectivity index (χ0n) is 12.7. The molecule has 1 aromatic rings. The topological polar surface area (TPSA) is 59.0 Å². The number of hydrogen-bond donors (Lipinski definition) is 2. The fraction of sp³-hybridized carbons (Fsp3) is 0.733. The van der Waals surface area contributed by atoms with Crippen molar-refractivity contribution in [1.82, 2.24) is 15.1 Å². The van der Waals surface area contributed by atoms with Crippen LogP contribution in [-0.4, -0.2) is 28.8 Å². The molecule has 5 nitrogen and oxygen atoms in total. The molecule has 1 amide bonds. The third-order valence-corrected chi connectivity index (χ3v) is 4.25. The molecule has 112 valence electrons. The number of nitrogens with one attached hydrogen (secondary N) is 2. The largest absolute Gasteiger partial charge is 0.379 e. The van der Waals surface area contributed by atoms with Crippen molar-refractivity contribution in [1.29, 1.82) is 0 Å². The minimum atomic E-state index is -0.0302. The molecule has 0 spiro atoms. The molecule has 0 aliphatic heterocycles. The van der Waals surface area contributed by atoms with E-state index in [-0.39, 0.29) is 12.5 Å². The Balaban J connectivity index is 1.96. The minimum absolute atomic E-state index is 0.0302. The zero-order chi connectivity index (χ0) is 14.5. The van der Waals surface area contributed by atoms with E-state index in [1.54, 1.807) is 11.7 Å². The van der Waals surface area contributed by atoms with Crippen molar-refractivity contribution in [2.75, 3.05) is 12.4 Å². The molecule has 0 aromatic carbocycles. The Bertz CT molecular complexity index is 441. The fourth-order valence-corrected chi connectivity index (χ4v) is 3.10. The lowest BCUT2D eigenvalue weighted by Gasteiger charge is -2.35. The lowest BCUT2D eigenvalue weighted by atomic mass is 9.78. The zero-order valence-corrected chi connectivity index (χ0v) is 12.7. The summed E-state index contributed by atoms with van der Waals surface area (Å²) in [4.78, 5) is 11.3. The van der Waals surface area contributed by atoms with Gasteiger partial charge in [-0.1, -0.05) is 26.7 Å². The van der Waals surface area contributed by atoms with Crippen LogP contribution in [0.25, 0.3) is 0 Å². The lowest BCUT2D eigenvalue weighted by Crippen LogP contribution is -2.35. The quantitative estimate of drug-likeness (QED) is 0.868. The summed E-state index contributed by atoms with van der Waals surface area (Å²) < 4.78 is 1.67. The van der Waals surface area contributed by atoms with E-state index in [1.807, 2.05) is 12.4 Å². The van der Waals surface area contributed by atoms with Gasteiger partial charge in [-0.05, 0) is 24.7 Å². The number of carbonyl (C=O) groups excluding carboxylic acids is 1. The fourth-order valence-electron chi connectivity index (χ4n) is 3.10. The first-order chi connectivity index (χ1) is 9.60. The minimum Gasteiger partial charge on any atom is -0.379 e. The lowest BCUT2D eigenvalue weighted by molar-refractivity contribution is -0.121. The van der Waals surface area contributed by atoms with E-state index in [2.05, 4.69) is 29.6 Å². The molecule has 1 aliphatic carbocycles. The van der Waals surface area contributed by atoms with Crippen molar-refractivity contribution >= 4 is 11.6 Å². The first-order valence-electron chi connectivity index (χ1n) is 7.59. The summed E-state index contributed by atoms with van der Waals surface area (Å²) >= 11 is 0. The highest BCUT2D eigenvalue weighted by Gasteiger charge is 2.27. The van der Waals surface area contributed by atoms with E-state index < -0.39 is 0 Å². The predicted octanol–water partition coefficient (Wildman–Crippen LogP) is 2.26. The monoisotopic (exact) mass is 278 g/mol. The number of nitrogens with zero attached hydrogens (tertiary/aromatic N) is 2. The molecule has 1 saturated carbocycles. The van der Waals surface area contributed by atoms with Gasteiger partial charge in [0.05, 0.1) is 11.9 Å². The summed E-state index contributed by atoms with van der Waals surface area (Å²) in [5.41, 5.74) is 1.02. The number of hydrogen-bond acceptors (Lipinski definition) is 3. The molecular formula is C15H26N4O. The standard InChI is InChI=1S/C15H26N4O/c1-11(2)13-6-4-5-7-14(13)18-12-8-17-19(9-12)10-15(20)16-3/h8-9,11,13-14,18H,4-7,10H2,1-3H3,(H,16,20). The molecule has 0 bridgehead atoms. The van der Waals surface area contributed by atoms with Crippen LogP contribution in [0.3, 0.4) is 0 Å². The molecule has 2 atom stereocenters. The highest BCUT2D eigenvalue weighted by molar-refractivity contribution is 5.75. The second kappa shape index (κ2) is 6.77. The molecule has 20 heavy (non-hydrogen) atoms. The van der Waals surface area contributed by atoms with Gasteiger partial charge in [-0.2, -0.15) is 5.10 Å². The van der Waals surface area contributed by atoms with E-state index >= 15 is 0 Å². The first-order valence-corrected chi connectivity index (χ1v) is 7.59. The van der Waals surface area contributed by atoms with Crippen molar-refractivity contribution in [3.8, 4) is 0 Å². The van der Waals surface area contributed by atoms with Crippen molar-refractivity contribution in [2.24, 2.45) is 11.8 Å². The first kappa shape index (κ1) is 14.9. The molecule has 2 N–H and O–H groups in total. The van der Waals surface area contributed by atoms with Crippen LogP contribution in [0, 0.1) is 11.8 Å². The van der Waals surface area contributed by atoms with Crippen molar-refractivity contribution in [3.05, 3.63) is 12.4 Å².